The number of aromatic nitrogens is 1. The van der Waals surface area contributed by atoms with Crippen molar-refractivity contribution in [2.24, 2.45) is 0 Å². The minimum absolute atomic E-state index is 0.191. The van der Waals surface area contributed by atoms with Crippen LogP contribution in [-0.4, -0.2) is 30.6 Å². The van der Waals surface area contributed by atoms with Gasteiger partial charge in [0.25, 0.3) is 5.91 Å². The Labute approximate surface area is 103 Å². The molecule has 0 aliphatic carbocycles. The predicted molar refractivity (Wildman–Crippen MR) is 64.1 cm³/mol. The van der Waals surface area contributed by atoms with Crippen LogP contribution in [0.25, 0.3) is 0 Å². The van der Waals surface area contributed by atoms with E-state index in [4.69, 9.17) is 16.3 Å². The number of nitrogens with zero attached hydrogens (tertiary/aromatic N) is 2. The zero-order valence-electron chi connectivity index (χ0n) is 8.94. The third kappa shape index (κ3) is 1.87. The molecule has 5 nitrogen and oxygen atoms in total. The number of nitrogens with one attached hydrogen (secondary N) is 1. The van der Waals surface area contributed by atoms with E-state index in [2.05, 4.69) is 10.3 Å². The van der Waals surface area contributed by atoms with Crippen LogP contribution in [0.15, 0.2) is 24.0 Å². The average molecular weight is 252 g/mol. The molecule has 3 rings (SSSR count). The summed E-state index contributed by atoms with van der Waals surface area (Å²) in [6.07, 6.45) is 3.06. The third-order valence-corrected chi connectivity index (χ3v) is 2.93. The van der Waals surface area contributed by atoms with Crippen LogP contribution in [0.4, 0.5) is 11.5 Å². The first-order valence-corrected chi connectivity index (χ1v) is 5.64. The van der Waals surface area contributed by atoms with Crippen LogP contribution < -0.4 is 10.2 Å². The number of carbonyl (C=O) groups excluding carboxylic acids is 1. The summed E-state index contributed by atoms with van der Waals surface area (Å²) in [5, 5.41) is 3.27. The fourth-order valence-corrected chi connectivity index (χ4v) is 2.14. The van der Waals surface area contributed by atoms with E-state index in [9.17, 15) is 4.79 Å². The van der Waals surface area contributed by atoms with Gasteiger partial charge in [0.15, 0.2) is 5.82 Å². The zero-order valence-corrected chi connectivity index (χ0v) is 9.70. The number of hydrogen-bond donors (Lipinski definition) is 1. The lowest BCUT2D eigenvalue weighted by atomic mass is 10.2. The first kappa shape index (κ1) is 10.6. The van der Waals surface area contributed by atoms with Crippen LogP contribution in [0.3, 0.4) is 0 Å². The van der Waals surface area contributed by atoms with Crippen molar-refractivity contribution >= 4 is 29.0 Å². The number of amides is 1. The smallest absolute Gasteiger partial charge is 0.251 e. The fraction of sp³-hybridized carbons (Fsp3) is 0.273. The molecule has 0 aromatic carbocycles. The molecule has 0 bridgehead atoms. The standard InChI is InChI=1S/C11H10ClN3O2/c12-7-3-9-11(13-5-7)14-10(16)4-8-6-17-2-1-15(8)9/h3-5H,1-2,6H2,(H,13,14,16). The Hall–Kier alpha value is -1.59. The van der Waals surface area contributed by atoms with Gasteiger partial charge in [-0.05, 0) is 6.07 Å². The van der Waals surface area contributed by atoms with Gasteiger partial charge in [0.05, 0.1) is 23.9 Å². The number of halogens is 1. The van der Waals surface area contributed by atoms with Gasteiger partial charge in [-0.15, -0.1) is 0 Å². The molecular formula is C11H10ClN3O2. The van der Waals surface area contributed by atoms with Crippen LogP contribution in [-0.2, 0) is 9.53 Å². The van der Waals surface area contributed by atoms with E-state index in [-0.39, 0.29) is 5.91 Å². The Morgan fingerprint density at radius 1 is 1.53 bits per heavy atom. The average Bonchev–Trinajstić information content (AvgIpc) is 2.45. The molecule has 1 aromatic rings. The molecule has 3 heterocycles. The lowest BCUT2D eigenvalue weighted by Crippen LogP contribution is -2.34. The zero-order chi connectivity index (χ0) is 11.8. The van der Waals surface area contributed by atoms with E-state index in [0.717, 1.165) is 11.4 Å². The van der Waals surface area contributed by atoms with Gasteiger partial charge in [0.1, 0.15) is 0 Å². The number of hydrogen-bond acceptors (Lipinski definition) is 4. The van der Waals surface area contributed by atoms with Crippen LogP contribution in [0.5, 0.6) is 0 Å². The van der Waals surface area contributed by atoms with Crippen molar-refractivity contribution in [1.29, 1.82) is 0 Å². The van der Waals surface area contributed by atoms with E-state index < -0.39 is 0 Å². The van der Waals surface area contributed by atoms with Crippen molar-refractivity contribution < 1.29 is 9.53 Å². The molecule has 2 aliphatic rings. The number of fused-ring (bicyclic) bond motifs is 3. The second-order valence-electron chi connectivity index (χ2n) is 3.85. The molecule has 0 radical (unpaired) electrons. The molecule has 2 aliphatic heterocycles. The molecule has 0 unspecified atom stereocenters. The summed E-state index contributed by atoms with van der Waals surface area (Å²) in [7, 11) is 0. The highest BCUT2D eigenvalue weighted by atomic mass is 35.5. The van der Waals surface area contributed by atoms with Crippen molar-refractivity contribution in [2.45, 2.75) is 0 Å². The molecule has 0 saturated carbocycles. The summed E-state index contributed by atoms with van der Waals surface area (Å²) in [5.41, 5.74) is 1.65. The maximum Gasteiger partial charge on any atom is 0.251 e. The Kier molecular flexibility index (Phi) is 2.49. The van der Waals surface area contributed by atoms with Crippen LogP contribution in [0, 0.1) is 0 Å². The van der Waals surface area contributed by atoms with Crippen molar-refractivity contribution in [2.75, 3.05) is 30.0 Å². The largest absolute Gasteiger partial charge is 0.373 e. The topological polar surface area (TPSA) is 54.5 Å². The minimum atomic E-state index is -0.191. The van der Waals surface area contributed by atoms with Gasteiger partial charge in [-0.3, -0.25) is 4.79 Å². The molecule has 1 fully saturated rings. The summed E-state index contributed by atoms with van der Waals surface area (Å²) < 4.78 is 5.34. The van der Waals surface area contributed by atoms with Gasteiger partial charge >= 0.3 is 0 Å². The normalized spacial score (nSPS) is 18.8. The van der Waals surface area contributed by atoms with Gasteiger partial charge in [0, 0.05) is 24.5 Å². The molecule has 0 spiro atoms. The number of ether oxygens (including phenoxy) is 1. The summed E-state index contributed by atoms with van der Waals surface area (Å²) in [6.45, 7) is 1.74. The van der Waals surface area contributed by atoms with E-state index in [0.29, 0.717) is 30.6 Å². The Balaban J connectivity index is 2.13. The SMILES string of the molecule is O=C1C=C2COCCN2c2cc(Cl)cnc2N1. The van der Waals surface area contributed by atoms with Gasteiger partial charge in [-0.1, -0.05) is 11.6 Å². The Morgan fingerprint density at radius 3 is 3.29 bits per heavy atom. The molecule has 6 heteroatoms. The summed E-state index contributed by atoms with van der Waals surface area (Å²) in [4.78, 5) is 17.8. The van der Waals surface area contributed by atoms with Gasteiger partial charge in [0.2, 0.25) is 0 Å². The Bertz CT molecular complexity index is 515. The number of rotatable bonds is 0. The maximum absolute atomic E-state index is 11.6. The Morgan fingerprint density at radius 2 is 2.41 bits per heavy atom. The fourth-order valence-electron chi connectivity index (χ4n) is 1.98. The first-order chi connectivity index (χ1) is 8.24. The quantitative estimate of drug-likeness (QED) is 0.758. The van der Waals surface area contributed by atoms with E-state index >= 15 is 0 Å². The summed E-state index contributed by atoms with van der Waals surface area (Å²) >= 11 is 5.94. The van der Waals surface area contributed by atoms with E-state index in [1.165, 1.54) is 12.3 Å². The number of carbonyl (C=O) groups is 1. The van der Waals surface area contributed by atoms with Gasteiger partial charge in [-0.25, -0.2) is 4.98 Å². The molecule has 1 saturated heterocycles. The van der Waals surface area contributed by atoms with E-state index in [1.54, 1.807) is 6.07 Å². The lowest BCUT2D eigenvalue weighted by Gasteiger charge is -2.30. The lowest BCUT2D eigenvalue weighted by molar-refractivity contribution is -0.112. The summed E-state index contributed by atoms with van der Waals surface area (Å²) in [5.74, 6) is 0.344. The highest BCUT2D eigenvalue weighted by Crippen LogP contribution is 2.32. The number of anilines is 2. The van der Waals surface area contributed by atoms with Crippen molar-refractivity contribution in [3.8, 4) is 0 Å². The van der Waals surface area contributed by atoms with Crippen molar-refractivity contribution in [3.05, 3.63) is 29.1 Å². The number of pyridine rings is 1. The van der Waals surface area contributed by atoms with Crippen LogP contribution in [0.2, 0.25) is 5.02 Å². The maximum atomic E-state index is 11.6. The van der Waals surface area contributed by atoms with E-state index in [1.807, 2.05) is 4.90 Å². The minimum Gasteiger partial charge on any atom is -0.373 e. The monoisotopic (exact) mass is 251 g/mol. The molecule has 0 atom stereocenters. The molecule has 1 N–H and O–H groups in total. The van der Waals surface area contributed by atoms with Gasteiger partial charge < -0.3 is 15.0 Å². The highest BCUT2D eigenvalue weighted by Gasteiger charge is 2.25. The third-order valence-electron chi connectivity index (χ3n) is 2.72. The molecule has 88 valence electrons. The first-order valence-electron chi connectivity index (χ1n) is 5.26. The number of morpholine rings is 1. The molecular weight excluding hydrogens is 242 g/mol. The van der Waals surface area contributed by atoms with Crippen LogP contribution in [0.1, 0.15) is 0 Å². The molecule has 17 heavy (non-hydrogen) atoms. The predicted octanol–water partition coefficient (Wildman–Crippen LogP) is 1.41. The molecule has 1 amide bonds. The summed E-state index contributed by atoms with van der Waals surface area (Å²) in [6, 6.07) is 1.80. The molecule has 1 aromatic heterocycles. The van der Waals surface area contributed by atoms with Gasteiger partial charge in [-0.2, -0.15) is 0 Å². The van der Waals surface area contributed by atoms with Crippen LogP contribution >= 0.6 is 11.6 Å². The second-order valence-corrected chi connectivity index (χ2v) is 4.29. The van der Waals surface area contributed by atoms with Crippen molar-refractivity contribution in [1.82, 2.24) is 4.98 Å². The second kappa shape index (κ2) is 4.01. The van der Waals surface area contributed by atoms with Crippen molar-refractivity contribution in [3.63, 3.8) is 0 Å². The highest BCUT2D eigenvalue weighted by molar-refractivity contribution is 6.30.